The van der Waals surface area contributed by atoms with Crippen molar-refractivity contribution in [3.05, 3.63) is 68.6 Å². The third kappa shape index (κ3) is 3.52. The van der Waals surface area contributed by atoms with Crippen molar-refractivity contribution >= 4 is 11.6 Å². The van der Waals surface area contributed by atoms with E-state index in [4.69, 9.17) is 16.9 Å². The molecule has 3 rings (SSSR count). The summed E-state index contributed by atoms with van der Waals surface area (Å²) in [5, 5.41) is 19.2. The minimum absolute atomic E-state index is 0.128. The summed E-state index contributed by atoms with van der Waals surface area (Å²) in [6.45, 7) is 6.76. The Bertz CT molecular complexity index is 1170. The first-order valence-electron chi connectivity index (χ1n) is 8.49. The number of nitriles is 1. The first kappa shape index (κ1) is 19.7. The summed E-state index contributed by atoms with van der Waals surface area (Å²) in [6.07, 6.45) is 3.18. The van der Waals surface area contributed by atoms with Crippen LogP contribution in [0.1, 0.15) is 36.5 Å². The van der Waals surface area contributed by atoms with Crippen LogP contribution in [0.4, 0.5) is 0 Å². The third-order valence-electron chi connectivity index (χ3n) is 4.23. The summed E-state index contributed by atoms with van der Waals surface area (Å²) in [5.41, 5.74) is 1.41. The quantitative estimate of drug-likeness (QED) is 0.730. The van der Waals surface area contributed by atoms with E-state index in [-0.39, 0.29) is 16.4 Å². The molecule has 3 aromatic heterocycles. The van der Waals surface area contributed by atoms with Crippen molar-refractivity contribution in [2.75, 3.05) is 0 Å². The van der Waals surface area contributed by atoms with Gasteiger partial charge in [0.1, 0.15) is 16.7 Å². The lowest BCUT2D eigenvalue weighted by Crippen LogP contribution is -2.23. The molecule has 0 aliphatic heterocycles. The first-order valence-corrected chi connectivity index (χ1v) is 8.87. The fourth-order valence-corrected chi connectivity index (χ4v) is 2.96. The SMILES string of the molecule is Cc1cnc(-c2ccnc(C(C)(C)O)n2)cc1-n1c(C)cc(C#N)c(Cl)c1=O. The maximum absolute atomic E-state index is 12.8. The highest BCUT2D eigenvalue weighted by Crippen LogP contribution is 2.24. The fourth-order valence-electron chi connectivity index (χ4n) is 2.78. The van der Waals surface area contributed by atoms with Crippen LogP contribution in [-0.2, 0) is 5.60 Å². The molecule has 0 spiro atoms. The number of aryl methyl sites for hydroxylation is 2. The van der Waals surface area contributed by atoms with E-state index in [1.54, 1.807) is 51.4 Å². The molecule has 0 unspecified atom stereocenters. The van der Waals surface area contributed by atoms with Gasteiger partial charge < -0.3 is 5.11 Å². The Morgan fingerprint density at radius 3 is 2.57 bits per heavy atom. The van der Waals surface area contributed by atoms with Crippen LogP contribution in [0.2, 0.25) is 5.02 Å². The molecule has 0 saturated carbocycles. The zero-order chi connectivity index (χ0) is 20.6. The van der Waals surface area contributed by atoms with Crippen molar-refractivity contribution in [3.8, 4) is 23.1 Å². The molecule has 0 amide bonds. The Hall–Kier alpha value is -3.08. The van der Waals surface area contributed by atoms with E-state index in [2.05, 4.69) is 15.0 Å². The van der Waals surface area contributed by atoms with Crippen molar-refractivity contribution < 1.29 is 5.11 Å². The Morgan fingerprint density at radius 2 is 1.93 bits per heavy atom. The molecule has 3 aromatic rings. The number of nitrogens with zero attached hydrogens (tertiary/aromatic N) is 5. The molecule has 0 fully saturated rings. The monoisotopic (exact) mass is 395 g/mol. The van der Waals surface area contributed by atoms with Gasteiger partial charge in [-0.15, -0.1) is 0 Å². The molecule has 142 valence electrons. The molecule has 0 aliphatic carbocycles. The van der Waals surface area contributed by atoms with Gasteiger partial charge in [0, 0.05) is 18.1 Å². The molecular formula is C20H18ClN5O2. The van der Waals surface area contributed by atoms with Crippen LogP contribution >= 0.6 is 11.6 Å². The van der Waals surface area contributed by atoms with Crippen molar-refractivity contribution in [3.63, 3.8) is 0 Å². The second-order valence-corrected chi connectivity index (χ2v) is 7.32. The number of hydrogen-bond acceptors (Lipinski definition) is 6. The topological polar surface area (TPSA) is 105 Å². The van der Waals surface area contributed by atoms with Gasteiger partial charge in [-0.3, -0.25) is 14.3 Å². The van der Waals surface area contributed by atoms with E-state index in [0.29, 0.717) is 22.8 Å². The van der Waals surface area contributed by atoms with Crippen LogP contribution in [0.25, 0.3) is 17.1 Å². The lowest BCUT2D eigenvalue weighted by atomic mass is 10.1. The maximum Gasteiger partial charge on any atom is 0.275 e. The van der Waals surface area contributed by atoms with Gasteiger partial charge in [0.15, 0.2) is 5.82 Å². The number of pyridine rings is 2. The molecule has 28 heavy (non-hydrogen) atoms. The number of aliphatic hydroxyl groups is 1. The molecule has 3 heterocycles. The summed E-state index contributed by atoms with van der Waals surface area (Å²) in [5.74, 6) is 0.267. The van der Waals surface area contributed by atoms with Gasteiger partial charge in [-0.25, -0.2) is 9.97 Å². The Kier molecular flexibility index (Phi) is 5.02. The summed E-state index contributed by atoms with van der Waals surface area (Å²) < 4.78 is 1.45. The Morgan fingerprint density at radius 1 is 1.21 bits per heavy atom. The first-order chi connectivity index (χ1) is 13.1. The van der Waals surface area contributed by atoms with E-state index in [0.717, 1.165) is 5.56 Å². The second kappa shape index (κ2) is 7.15. The van der Waals surface area contributed by atoms with E-state index in [1.807, 2.05) is 13.0 Å². The van der Waals surface area contributed by atoms with Gasteiger partial charge >= 0.3 is 0 Å². The van der Waals surface area contributed by atoms with Gasteiger partial charge in [0.05, 0.1) is 22.6 Å². The normalized spacial score (nSPS) is 11.3. The van der Waals surface area contributed by atoms with Crippen LogP contribution in [0.3, 0.4) is 0 Å². The van der Waals surface area contributed by atoms with Crippen LogP contribution in [-0.4, -0.2) is 24.6 Å². The highest BCUT2D eigenvalue weighted by atomic mass is 35.5. The Labute approximate surface area is 166 Å². The maximum atomic E-state index is 12.8. The smallest absolute Gasteiger partial charge is 0.275 e. The highest BCUT2D eigenvalue weighted by Gasteiger charge is 2.21. The average molecular weight is 396 g/mol. The number of aromatic nitrogens is 4. The van der Waals surface area contributed by atoms with Gasteiger partial charge in [-0.1, -0.05) is 11.6 Å². The van der Waals surface area contributed by atoms with Gasteiger partial charge in [-0.05, 0) is 51.5 Å². The average Bonchev–Trinajstić information content (AvgIpc) is 2.65. The van der Waals surface area contributed by atoms with E-state index >= 15 is 0 Å². The largest absolute Gasteiger partial charge is 0.382 e. The summed E-state index contributed by atoms with van der Waals surface area (Å²) in [6, 6.07) is 6.90. The summed E-state index contributed by atoms with van der Waals surface area (Å²) >= 11 is 6.08. The van der Waals surface area contributed by atoms with Crippen molar-refractivity contribution in [1.29, 1.82) is 5.26 Å². The minimum atomic E-state index is -1.20. The minimum Gasteiger partial charge on any atom is -0.382 e. The fraction of sp³-hybridized carbons (Fsp3) is 0.250. The number of halogens is 1. The van der Waals surface area contributed by atoms with E-state index in [1.165, 1.54) is 4.57 Å². The highest BCUT2D eigenvalue weighted by molar-refractivity contribution is 6.31. The molecule has 0 saturated heterocycles. The van der Waals surface area contributed by atoms with Gasteiger partial charge in [0.25, 0.3) is 5.56 Å². The van der Waals surface area contributed by atoms with Crippen molar-refractivity contribution in [2.45, 2.75) is 33.3 Å². The molecule has 7 nitrogen and oxygen atoms in total. The molecule has 0 bridgehead atoms. The zero-order valence-electron chi connectivity index (χ0n) is 15.9. The van der Waals surface area contributed by atoms with Crippen LogP contribution in [0.5, 0.6) is 0 Å². The van der Waals surface area contributed by atoms with Gasteiger partial charge in [0.2, 0.25) is 0 Å². The number of rotatable bonds is 3. The zero-order valence-corrected chi connectivity index (χ0v) is 16.6. The van der Waals surface area contributed by atoms with Crippen LogP contribution in [0.15, 0.2) is 35.4 Å². The predicted molar refractivity (Wildman–Crippen MR) is 105 cm³/mol. The molecular weight excluding hydrogens is 378 g/mol. The second-order valence-electron chi connectivity index (χ2n) is 6.95. The van der Waals surface area contributed by atoms with E-state index < -0.39 is 11.2 Å². The summed E-state index contributed by atoms with van der Waals surface area (Å²) in [7, 11) is 0. The van der Waals surface area contributed by atoms with Crippen LogP contribution in [0, 0.1) is 25.2 Å². The predicted octanol–water partition coefficient (Wildman–Crippen LogP) is 3.06. The van der Waals surface area contributed by atoms with Gasteiger partial charge in [-0.2, -0.15) is 5.26 Å². The summed E-state index contributed by atoms with van der Waals surface area (Å²) in [4.78, 5) is 25.6. The molecule has 1 N–H and O–H groups in total. The lowest BCUT2D eigenvalue weighted by Gasteiger charge is -2.17. The van der Waals surface area contributed by atoms with Crippen LogP contribution < -0.4 is 5.56 Å². The van der Waals surface area contributed by atoms with E-state index in [9.17, 15) is 9.90 Å². The van der Waals surface area contributed by atoms with Crippen molar-refractivity contribution in [2.24, 2.45) is 0 Å². The molecule has 0 atom stereocenters. The lowest BCUT2D eigenvalue weighted by molar-refractivity contribution is 0.0688. The molecule has 0 aromatic carbocycles. The molecule has 0 radical (unpaired) electrons. The third-order valence-corrected chi connectivity index (χ3v) is 4.60. The molecule has 8 heteroatoms. The van der Waals surface area contributed by atoms with Crippen molar-refractivity contribution in [1.82, 2.24) is 19.5 Å². The molecule has 0 aliphatic rings. The number of hydrogen-bond donors (Lipinski definition) is 1. The standard InChI is InChI=1S/C20H18ClN5O2/c1-11-10-24-15(14-5-6-23-19(25-14)20(3,4)28)8-16(11)26-12(2)7-13(9-22)17(21)18(26)27/h5-8,10,28H,1-4H3. The Balaban J connectivity index is 2.22.